The van der Waals surface area contributed by atoms with E-state index in [0.29, 0.717) is 0 Å². The summed E-state index contributed by atoms with van der Waals surface area (Å²) in [7, 11) is 2.13. The molecule has 0 spiro atoms. The van der Waals surface area contributed by atoms with Gasteiger partial charge in [-0.15, -0.1) is 0 Å². The van der Waals surface area contributed by atoms with Crippen molar-refractivity contribution in [3.05, 3.63) is 71.8 Å². The number of hydrogen-bond acceptors (Lipinski definition) is 1. The Morgan fingerprint density at radius 3 is 2.00 bits per heavy atom. The van der Waals surface area contributed by atoms with E-state index in [1.165, 1.54) is 16.7 Å². The zero-order valence-electron chi connectivity index (χ0n) is 9.71. The van der Waals surface area contributed by atoms with Crippen molar-refractivity contribution in [1.82, 2.24) is 0 Å². The molecule has 2 aromatic rings. The molecule has 1 aliphatic rings. The summed E-state index contributed by atoms with van der Waals surface area (Å²) in [5.74, 6) is 1.16. The fourth-order valence-corrected chi connectivity index (χ4v) is 14.8. The first-order chi connectivity index (χ1) is 8.86. The van der Waals surface area contributed by atoms with Crippen molar-refractivity contribution in [3.8, 4) is 0 Å². The molecular weight excluding hydrogens is 414 g/mol. The molecular formula is C15H12BrSSb. The second-order valence-electron chi connectivity index (χ2n) is 4.08. The Labute approximate surface area is 124 Å². The van der Waals surface area contributed by atoms with Crippen molar-refractivity contribution < 1.29 is 0 Å². The van der Waals surface area contributed by atoms with Gasteiger partial charge in [0.25, 0.3) is 0 Å². The van der Waals surface area contributed by atoms with E-state index in [-0.39, 0.29) is 0 Å². The first-order valence-electron chi connectivity index (χ1n) is 5.79. The van der Waals surface area contributed by atoms with E-state index in [9.17, 15) is 0 Å². The third-order valence-corrected chi connectivity index (χ3v) is 16.9. The average Bonchev–Trinajstić information content (AvgIpc) is 2.83. The van der Waals surface area contributed by atoms with Crippen LogP contribution in [0.3, 0.4) is 0 Å². The SMILES string of the molecule is [Br][Sb]1[S]CC(c2ccccc2)=[C]1c1ccccc1. The van der Waals surface area contributed by atoms with Gasteiger partial charge in [0.15, 0.2) is 0 Å². The minimum absolute atomic E-state index is 1.16. The van der Waals surface area contributed by atoms with Crippen molar-refractivity contribution in [3.63, 3.8) is 0 Å². The summed E-state index contributed by atoms with van der Waals surface area (Å²) in [5.41, 5.74) is 4.32. The van der Waals surface area contributed by atoms with E-state index in [0.717, 1.165) is 5.75 Å². The molecule has 2 aromatic carbocycles. The molecule has 3 rings (SSSR count). The molecule has 0 unspecified atom stereocenters. The first kappa shape index (κ1) is 12.8. The molecule has 0 saturated carbocycles. The number of benzene rings is 2. The second kappa shape index (κ2) is 5.86. The van der Waals surface area contributed by atoms with Gasteiger partial charge < -0.3 is 0 Å². The van der Waals surface area contributed by atoms with Crippen molar-refractivity contribution in [2.24, 2.45) is 0 Å². The molecule has 0 radical (unpaired) electrons. The van der Waals surface area contributed by atoms with Gasteiger partial charge in [-0.2, -0.15) is 0 Å². The number of hydrogen-bond donors (Lipinski definition) is 0. The van der Waals surface area contributed by atoms with Crippen LogP contribution in [0, 0.1) is 0 Å². The first-order valence-corrected chi connectivity index (χ1v) is 16.9. The molecule has 0 saturated heterocycles. The fourth-order valence-electron chi connectivity index (χ4n) is 2.09. The molecule has 0 aliphatic carbocycles. The molecule has 18 heavy (non-hydrogen) atoms. The van der Waals surface area contributed by atoms with Gasteiger partial charge in [0.2, 0.25) is 0 Å². The van der Waals surface area contributed by atoms with Crippen LogP contribution < -0.4 is 0 Å². The molecule has 0 N–H and O–H groups in total. The molecule has 0 amide bonds. The normalized spacial score (nSPS) is 16.3. The van der Waals surface area contributed by atoms with Crippen molar-refractivity contribution in [1.29, 1.82) is 0 Å². The number of rotatable bonds is 2. The third kappa shape index (κ3) is 2.57. The number of halogens is 1. The summed E-state index contributed by atoms with van der Waals surface area (Å²) in [6, 6.07) is 21.6. The summed E-state index contributed by atoms with van der Waals surface area (Å²) >= 11 is 2.51. The summed E-state index contributed by atoms with van der Waals surface area (Å²) in [4.78, 5) is 0. The molecule has 90 valence electrons. The Morgan fingerprint density at radius 2 is 1.39 bits per heavy atom. The van der Waals surface area contributed by atoms with Crippen molar-refractivity contribution >= 4 is 47.1 Å². The summed E-state index contributed by atoms with van der Waals surface area (Å²) in [6.07, 6.45) is 0. The van der Waals surface area contributed by atoms with Crippen LogP contribution in [0.4, 0.5) is 0 Å². The van der Waals surface area contributed by atoms with Gasteiger partial charge in [-0.05, 0) is 0 Å². The zero-order valence-corrected chi connectivity index (χ0v) is 14.7. The second-order valence-corrected chi connectivity index (χ2v) is 19.9. The molecule has 0 aromatic heterocycles. The molecule has 0 atom stereocenters. The van der Waals surface area contributed by atoms with Crippen LogP contribution in [0.1, 0.15) is 11.1 Å². The third-order valence-electron chi connectivity index (χ3n) is 2.95. The minimum atomic E-state index is -1.46. The summed E-state index contributed by atoms with van der Waals surface area (Å²) < 4.78 is 1.61. The van der Waals surface area contributed by atoms with Crippen molar-refractivity contribution in [2.75, 3.05) is 5.75 Å². The van der Waals surface area contributed by atoms with E-state index in [1.807, 2.05) is 0 Å². The Morgan fingerprint density at radius 1 is 0.833 bits per heavy atom. The van der Waals surface area contributed by atoms with Gasteiger partial charge in [0.1, 0.15) is 0 Å². The average molecular weight is 426 g/mol. The van der Waals surface area contributed by atoms with Crippen LogP contribution in [0.2, 0.25) is 0 Å². The van der Waals surface area contributed by atoms with Gasteiger partial charge >= 0.3 is 125 Å². The van der Waals surface area contributed by atoms with Crippen LogP contribution in [0.5, 0.6) is 0 Å². The van der Waals surface area contributed by atoms with Crippen LogP contribution in [0.15, 0.2) is 60.7 Å². The van der Waals surface area contributed by atoms with E-state index in [1.54, 1.807) is 3.52 Å². The molecule has 0 nitrogen and oxygen atoms in total. The van der Waals surface area contributed by atoms with E-state index in [2.05, 4.69) is 82.1 Å². The van der Waals surface area contributed by atoms with E-state index in [4.69, 9.17) is 0 Å². The topological polar surface area (TPSA) is 0 Å². The molecule has 1 heterocycles. The van der Waals surface area contributed by atoms with Gasteiger partial charge in [-0.3, -0.25) is 0 Å². The van der Waals surface area contributed by atoms with Gasteiger partial charge in [0, 0.05) is 0 Å². The molecule has 0 fully saturated rings. The Hall–Kier alpha value is -0.172. The zero-order chi connectivity index (χ0) is 12.4. The Kier molecular flexibility index (Phi) is 4.18. The maximum atomic E-state index is 3.97. The summed E-state index contributed by atoms with van der Waals surface area (Å²) in [6.45, 7) is 0. The molecule has 0 bridgehead atoms. The predicted octanol–water partition coefficient (Wildman–Crippen LogP) is 4.77. The maximum absolute atomic E-state index is 3.97. The van der Waals surface area contributed by atoms with Crippen LogP contribution in [0.25, 0.3) is 9.09 Å². The van der Waals surface area contributed by atoms with Gasteiger partial charge in [-0.1, -0.05) is 0 Å². The Bertz CT molecular complexity index is 566. The Balaban J connectivity index is 2.13. The van der Waals surface area contributed by atoms with Crippen LogP contribution >= 0.6 is 21.4 Å². The standard InChI is InChI=1S/C15H13S.BrH.Sb/c16-12-15(14-9-5-2-6-10-14)11-13-7-3-1-4-8-13;;/h1-10,16H,12H2;1H;/q;;+2/p-2. The monoisotopic (exact) mass is 424 g/mol. The molecule has 1 aliphatic heterocycles. The summed E-state index contributed by atoms with van der Waals surface area (Å²) in [5, 5.41) is 0. The van der Waals surface area contributed by atoms with Gasteiger partial charge in [0.05, 0.1) is 0 Å². The quantitative estimate of drug-likeness (QED) is 0.625. The van der Waals surface area contributed by atoms with Crippen LogP contribution in [-0.4, -0.2) is 22.3 Å². The van der Waals surface area contributed by atoms with Gasteiger partial charge in [-0.25, -0.2) is 0 Å². The van der Waals surface area contributed by atoms with E-state index >= 15 is 0 Å². The molecule has 3 heteroatoms. The van der Waals surface area contributed by atoms with Crippen molar-refractivity contribution in [2.45, 2.75) is 0 Å². The van der Waals surface area contributed by atoms with Crippen LogP contribution in [-0.2, 0) is 0 Å². The van der Waals surface area contributed by atoms with E-state index < -0.39 is 16.6 Å². The fraction of sp³-hybridized carbons (Fsp3) is 0.0667. The predicted molar refractivity (Wildman–Crippen MR) is 86.8 cm³/mol.